The average Bonchev–Trinajstić information content (AvgIpc) is 2.61. The zero-order valence-electron chi connectivity index (χ0n) is 8.84. The lowest BCUT2D eigenvalue weighted by atomic mass is 10.1. The molecule has 1 unspecified atom stereocenters. The molecular formula is C12H17NO. The van der Waals surface area contributed by atoms with Crippen LogP contribution >= 0.6 is 0 Å². The van der Waals surface area contributed by atoms with Crippen LogP contribution < -0.4 is 10.1 Å². The van der Waals surface area contributed by atoms with Crippen LogP contribution in [0, 0.1) is 0 Å². The molecule has 2 nitrogen and oxygen atoms in total. The van der Waals surface area contributed by atoms with Gasteiger partial charge in [0.05, 0.1) is 7.11 Å². The summed E-state index contributed by atoms with van der Waals surface area (Å²) in [6, 6.07) is 6.93. The van der Waals surface area contributed by atoms with E-state index in [1.54, 1.807) is 7.11 Å². The van der Waals surface area contributed by atoms with E-state index in [0.717, 1.165) is 12.3 Å². The minimum Gasteiger partial charge on any atom is -0.497 e. The maximum atomic E-state index is 5.24. The van der Waals surface area contributed by atoms with E-state index in [2.05, 4.69) is 24.4 Å². The van der Waals surface area contributed by atoms with E-state index in [1.165, 1.54) is 24.0 Å². The maximum Gasteiger partial charge on any atom is 0.119 e. The van der Waals surface area contributed by atoms with Crippen molar-refractivity contribution in [2.24, 2.45) is 0 Å². The minimum atomic E-state index is 0.532. The molecule has 0 fully saturated rings. The maximum absolute atomic E-state index is 5.24. The smallest absolute Gasteiger partial charge is 0.119 e. The summed E-state index contributed by atoms with van der Waals surface area (Å²) in [5.74, 6) is 0.966. The van der Waals surface area contributed by atoms with Gasteiger partial charge in [-0.3, -0.25) is 0 Å². The lowest BCUT2D eigenvalue weighted by Crippen LogP contribution is -2.18. The topological polar surface area (TPSA) is 21.3 Å². The Morgan fingerprint density at radius 2 is 2.36 bits per heavy atom. The van der Waals surface area contributed by atoms with Gasteiger partial charge >= 0.3 is 0 Å². The van der Waals surface area contributed by atoms with E-state index in [0.29, 0.717) is 6.04 Å². The first-order valence-corrected chi connectivity index (χ1v) is 5.25. The quantitative estimate of drug-likeness (QED) is 0.791. The Hall–Kier alpha value is -1.02. The van der Waals surface area contributed by atoms with E-state index in [-0.39, 0.29) is 0 Å². The molecule has 1 aliphatic rings. The van der Waals surface area contributed by atoms with Crippen LogP contribution in [0.5, 0.6) is 5.75 Å². The fourth-order valence-electron chi connectivity index (χ4n) is 2.17. The van der Waals surface area contributed by atoms with Crippen molar-refractivity contribution < 1.29 is 4.74 Å². The van der Waals surface area contributed by atoms with Crippen molar-refractivity contribution in [1.82, 2.24) is 5.32 Å². The van der Waals surface area contributed by atoms with Crippen molar-refractivity contribution in [2.75, 3.05) is 13.7 Å². The van der Waals surface area contributed by atoms with Gasteiger partial charge in [0.1, 0.15) is 5.75 Å². The van der Waals surface area contributed by atoms with Crippen LogP contribution in [0.25, 0.3) is 0 Å². The Balaban J connectivity index is 2.27. The second kappa shape index (κ2) is 4.01. The molecule has 0 saturated heterocycles. The van der Waals surface area contributed by atoms with Gasteiger partial charge in [-0.25, -0.2) is 0 Å². The molecule has 0 aliphatic heterocycles. The van der Waals surface area contributed by atoms with Gasteiger partial charge in [0.25, 0.3) is 0 Å². The van der Waals surface area contributed by atoms with Crippen LogP contribution in [0.1, 0.15) is 30.5 Å². The molecule has 1 atom stereocenters. The number of benzene rings is 1. The zero-order chi connectivity index (χ0) is 9.97. The summed E-state index contributed by atoms with van der Waals surface area (Å²) < 4.78 is 5.24. The van der Waals surface area contributed by atoms with Crippen LogP contribution in [0.4, 0.5) is 0 Å². The molecule has 2 heteroatoms. The Bertz CT molecular complexity index is 320. The van der Waals surface area contributed by atoms with Crippen molar-refractivity contribution in [1.29, 1.82) is 0 Å². The number of fused-ring (bicyclic) bond motifs is 1. The van der Waals surface area contributed by atoms with Crippen LogP contribution in [-0.4, -0.2) is 13.7 Å². The fourth-order valence-corrected chi connectivity index (χ4v) is 2.17. The van der Waals surface area contributed by atoms with Crippen LogP contribution in [0.15, 0.2) is 18.2 Å². The van der Waals surface area contributed by atoms with Crippen molar-refractivity contribution >= 4 is 0 Å². The van der Waals surface area contributed by atoms with Crippen LogP contribution in [0.3, 0.4) is 0 Å². The normalized spacial score (nSPS) is 19.4. The van der Waals surface area contributed by atoms with E-state index in [9.17, 15) is 0 Å². The third-order valence-corrected chi connectivity index (χ3v) is 2.88. The molecule has 0 saturated carbocycles. The highest BCUT2D eigenvalue weighted by Gasteiger charge is 2.21. The number of ether oxygens (including phenoxy) is 1. The number of aryl methyl sites for hydroxylation is 1. The van der Waals surface area contributed by atoms with E-state index in [1.807, 2.05) is 6.07 Å². The Morgan fingerprint density at radius 3 is 3.07 bits per heavy atom. The molecule has 0 radical (unpaired) electrons. The van der Waals surface area contributed by atoms with Gasteiger partial charge in [0, 0.05) is 6.04 Å². The predicted molar refractivity (Wildman–Crippen MR) is 57.7 cm³/mol. The summed E-state index contributed by atoms with van der Waals surface area (Å²) in [5.41, 5.74) is 2.89. The van der Waals surface area contributed by atoms with Gasteiger partial charge in [-0.05, 0) is 42.6 Å². The van der Waals surface area contributed by atoms with Crippen molar-refractivity contribution in [2.45, 2.75) is 25.8 Å². The molecule has 0 spiro atoms. The van der Waals surface area contributed by atoms with Gasteiger partial charge < -0.3 is 10.1 Å². The Labute approximate surface area is 85.3 Å². The van der Waals surface area contributed by atoms with Gasteiger partial charge in [-0.15, -0.1) is 0 Å². The highest BCUT2D eigenvalue weighted by molar-refractivity contribution is 5.40. The fraction of sp³-hybridized carbons (Fsp3) is 0.500. The van der Waals surface area contributed by atoms with Crippen molar-refractivity contribution in [3.8, 4) is 5.75 Å². The molecule has 0 aromatic heterocycles. The van der Waals surface area contributed by atoms with Gasteiger partial charge in [-0.2, -0.15) is 0 Å². The van der Waals surface area contributed by atoms with E-state index >= 15 is 0 Å². The zero-order valence-corrected chi connectivity index (χ0v) is 8.84. The summed E-state index contributed by atoms with van der Waals surface area (Å²) in [7, 11) is 1.72. The molecule has 1 aromatic carbocycles. The number of nitrogens with one attached hydrogen (secondary N) is 1. The summed E-state index contributed by atoms with van der Waals surface area (Å²) in [6.07, 6.45) is 2.41. The summed E-state index contributed by atoms with van der Waals surface area (Å²) in [5, 5.41) is 3.50. The third-order valence-electron chi connectivity index (χ3n) is 2.88. The van der Waals surface area contributed by atoms with Gasteiger partial charge in [0.15, 0.2) is 0 Å². The lowest BCUT2D eigenvalue weighted by molar-refractivity contribution is 0.413. The second-order valence-electron chi connectivity index (χ2n) is 3.71. The Kier molecular flexibility index (Phi) is 2.73. The van der Waals surface area contributed by atoms with Gasteiger partial charge in [-0.1, -0.05) is 13.0 Å². The van der Waals surface area contributed by atoms with Crippen molar-refractivity contribution in [3.63, 3.8) is 0 Å². The largest absolute Gasteiger partial charge is 0.497 e. The SMILES string of the molecule is CCNC1CCc2ccc(OC)cc21. The first kappa shape index (κ1) is 9.53. The first-order chi connectivity index (χ1) is 6.85. The molecule has 76 valence electrons. The number of hydrogen-bond acceptors (Lipinski definition) is 2. The number of hydrogen-bond donors (Lipinski definition) is 1. The molecule has 0 bridgehead atoms. The summed E-state index contributed by atoms with van der Waals surface area (Å²) in [6.45, 7) is 3.18. The number of rotatable bonds is 3. The Morgan fingerprint density at radius 1 is 1.50 bits per heavy atom. The molecule has 2 rings (SSSR count). The predicted octanol–water partition coefficient (Wildman–Crippen LogP) is 2.29. The minimum absolute atomic E-state index is 0.532. The highest BCUT2D eigenvalue weighted by Crippen LogP contribution is 2.33. The monoisotopic (exact) mass is 191 g/mol. The van der Waals surface area contributed by atoms with Gasteiger partial charge in [0.2, 0.25) is 0 Å². The average molecular weight is 191 g/mol. The molecule has 0 amide bonds. The van der Waals surface area contributed by atoms with E-state index in [4.69, 9.17) is 4.74 Å². The molecule has 0 heterocycles. The molecule has 1 aliphatic carbocycles. The highest BCUT2D eigenvalue weighted by atomic mass is 16.5. The molecular weight excluding hydrogens is 174 g/mol. The first-order valence-electron chi connectivity index (χ1n) is 5.25. The summed E-state index contributed by atoms with van der Waals surface area (Å²) in [4.78, 5) is 0. The standard InChI is InChI=1S/C12H17NO/c1-3-13-12-7-5-9-4-6-10(14-2)8-11(9)12/h4,6,8,12-13H,3,5,7H2,1-2H3. The van der Waals surface area contributed by atoms with Crippen LogP contribution in [-0.2, 0) is 6.42 Å². The molecule has 1 aromatic rings. The second-order valence-corrected chi connectivity index (χ2v) is 3.71. The molecule has 1 N–H and O–H groups in total. The number of methoxy groups -OCH3 is 1. The molecule has 14 heavy (non-hydrogen) atoms. The van der Waals surface area contributed by atoms with E-state index < -0.39 is 0 Å². The lowest BCUT2D eigenvalue weighted by Gasteiger charge is -2.12. The third kappa shape index (κ3) is 1.62. The van der Waals surface area contributed by atoms with Crippen molar-refractivity contribution in [3.05, 3.63) is 29.3 Å². The van der Waals surface area contributed by atoms with Crippen LogP contribution in [0.2, 0.25) is 0 Å². The summed E-state index contributed by atoms with van der Waals surface area (Å²) >= 11 is 0.